The van der Waals surface area contributed by atoms with Gasteiger partial charge in [-0.1, -0.05) is 96.0 Å². The third-order valence-electron chi connectivity index (χ3n) is 15.7. The molecule has 1 fully saturated rings. The SMILES string of the molecule is CNC(=O)c1c(F)cccc1Nc1nc(Nc2cc3c(cc2OC)CCN3C(=O)CN(C)C(=O)CCCCCCCCCCCC(=O)C[C@H](C(=O)N2C[C@H](O)C[C@H]2C(=O)NCc2ccc(-c3scnc3C)cc2)C(C)(C)C)nc2[nH]ccc12. The lowest BCUT2D eigenvalue weighted by Crippen LogP contribution is -2.50. The second-order valence-corrected chi connectivity index (χ2v) is 23.6. The lowest BCUT2D eigenvalue weighted by atomic mass is 9.76. The van der Waals surface area contributed by atoms with Crippen LogP contribution in [0.5, 0.6) is 5.75 Å². The first-order valence-electron chi connectivity index (χ1n) is 28.8. The van der Waals surface area contributed by atoms with E-state index in [1.165, 1.54) is 29.0 Å². The van der Waals surface area contributed by atoms with E-state index in [1.54, 1.807) is 54.8 Å². The van der Waals surface area contributed by atoms with Gasteiger partial charge in [-0.15, -0.1) is 11.3 Å². The second kappa shape index (κ2) is 28.0. The smallest absolute Gasteiger partial charge is 0.256 e. The number of halogens is 1. The number of carbonyl (C=O) groups is 6. The minimum Gasteiger partial charge on any atom is -0.495 e. The number of carbonyl (C=O) groups excluding carboxylic acids is 6. The van der Waals surface area contributed by atoms with Crippen molar-refractivity contribution in [2.75, 3.05) is 56.4 Å². The van der Waals surface area contributed by atoms with Gasteiger partial charge in [0.2, 0.25) is 29.6 Å². The van der Waals surface area contributed by atoms with Crippen molar-refractivity contribution >= 4 is 86.5 Å². The topological polar surface area (TPSA) is 244 Å². The Kier molecular flexibility index (Phi) is 20.7. The number of methoxy groups -OCH3 is 1. The zero-order chi connectivity index (χ0) is 59.4. The van der Waals surface area contributed by atoms with Crippen LogP contribution in [0.3, 0.4) is 0 Å². The standard InChI is InChI=1S/C62H78FN11O8S/c1-38-55(83-37-67-38)40-24-22-39(23-25-40)34-66-58(79)50-32-43(76)35-74(50)60(81)45(62(2,3)4)31-42(75)18-15-13-11-9-8-10-12-14-16-21-52(77)72(6)36-53(78)73-29-27-41-30-51(82-7)48(33-49(41)73)69-61-70-56-44(26-28-65-56)57(71-61)68-47-20-17-19-46(63)54(47)59(80)64-5/h17,19-20,22-26,28,30,33,37,43,45,50,76H,8-16,18,21,27,29,31-32,34-36H2,1-7H3,(H,64,80)(H,66,79)(H3,65,68,69,70,71)/t43-,45-,50+/m1/s1. The fourth-order valence-electron chi connectivity index (χ4n) is 10.9. The lowest BCUT2D eigenvalue weighted by molar-refractivity contribution is -0.146. The van der Waals surface area contributed by atoms with Crippen LogP contribution in [-0.4, -0.2) is 123 Å². The minimum absolute atomic E-state index is 0.0274. The summed E-state index contributed by atoms with van der Waals surface area (Å²) in [5.74, 6) is -1.82. The van der Waals surface area contributed by atoms with Crippen molar-refractivity contribution in [3.05, 3.63) is 101 Å². The number of likely N-dealkylation sites (N-methyl/N-ethyl adjacent to an activating group) is 1. The van der Waals surface area contributed by atoms with Gasteiger partial charge in [0.15, 0.2) is 0 Å². The first-order chi connectivity index (χ1) is 39.8. The molecule has 0 unspecified atom stereocenters. The molecule has 5 heterocycles. The number of aliphatic hydroxyl groups excluding tert-OH is 1. The molecule has 19 nitrogen and oxygen atoms in total. The van der Waals surface area contributed by atoms with Gasteiger partial charge in [-0.25, -0.2) is 9.37 Å². The van der Waals surface area contributed by atoms with Crippen molar-refractivity contribution in [3.63, 3.8) is 0 Å². The summed E-state index contributed by atoms with van der Waals surface area (Å²) in [6.07, 6.45) is 10.8. The number of ether oxygens (including phenoxy) is 1. The molecule has 8 rings (SSSR count). The Morgan fingerprint density at radius 1 is 0.916 bits per heavy atom. The molecule has 0 saturated carbocycles. The number of fused-ring (bicyclic) bond motifs is 2. The van der Waals surface area contributed by atoms with E-state index in [9.17, 15) is 38.3 Å². The molecule has 442 valence electrons. The number of rotatable bonds is 27. The molecule has 6 N–H and O–H groups in total. The third kappa shape index (κ3) is 15.5. The molecule has 6 aromatic rings. The minimum atomic E-state index is -0.827. The van der Waals surface area contributed by atoms with Gasteiger partial charge in [0.25, 0.3) is 5.91 Å². The van der Waals surface area contributed by atoms with Crippen LogP contribution in [0.2, 0.25) is 0 Å². The number of anilines is 5. The number of nitrogens with one attached hydrogen (secondary N) is 5. The zero-order valence-electron chi connectivity index (χ0n) is 48.7. The lowest BCUT2D eigenvalue weighted by Gasteiger charge is -2.34. The molecule has 0 bridgehead atoms. The molecule has 5 amide bonds. The van der Waals surface area contributed by atoms with Gasteiger partial charge >= 0.3 is 0 Å². The fourth-order valence-corrected chi connectivity index (χ4v) is 11.7. The van der Waals surface area contributed by atoms with E-state index in [4.69, 9.17) is 4.74 Å². The number of H-pyrrole nitrogens is 1. The number of aromatic amines is 1. The van der Waals surface area contributed by atoms with E-state index < -0.39 is 35.2 Å². The highest BCUT2D eigenvalue weighted by Gasteiger charge is 2.44. The highest BCUT2D eigenvalue weighted by atomic mass is 32.1. The largest absolute Gasteiger partial charge is 0.495 e. The number of ketones is 1. The van der Waals surface area contributed by atoms with Crippen molar-refractivity contribution in [1.82, 2.24) is 40.4 Å². The van der Waals surface area contributed by atoms with E-state index in [2.05, 4.69) is 41.2 Å². The van der Waals surface area contributed by atoms with Crippen molar-refractivity contribution in [3.8, 4) is 16.2 Å². The average Bonchev–Trinajstić information content (AvgIpc) is 4.52. The summed E-state index contributed by atoms with van der Waals surface area (Å²) in [5.41, 5.74) is 6.83. The molecular formula is C62H78FN11O8S. The molecule has 2 aliphatic heterocycles. The van der Waals surface area contributed by atoms with Crippen molar-refractivity contribution in [1.29, 1.82) is 0 Å². The molecule has 3 aromatic heterocycles. The highest BCUT2D eigenvalue weighted by Crippen LogP contribution is 2.40. The number of nitrogens with zero attached hydrogens (tertiary/aromatic N) is 6. The van der Waals surface area contributed by atoms with Crippen LogP contribution >= 0.6 is 11.3 Å². The first kappa shape index (κ1) is 61.3. The number of benzene rings is 3. The van der Waals surface area contributed by atoms with Crippen LogP contribution in [0.25, 0.3) is 21.5 Å². The van der Waals surface area contributed by atoms with Gasteiger partial charge in [0.05, 0.1) is 58.2 Å². The number of Topliss-reactive ketones (excluding diaryl/α,β-unsaturated/α-hetero) is 1. The van der Waals surface area contributed by atoms with Crippen molar-refractivity contribution < 1.29 is 43.0 Å². The second-order valence-electron chi connectivity index (χ2n) is 22.8. The number of aryl methyl sites for hydroxylation is 1. The van der Waals surface area contributed by atoms with Gasteiger partial charge in [-0.2, -0.15) is 9.97 Å². The van der Waals surface area contributed by atoms with Gasteiger partial charge in [-0.05, 0) is 78.6 Å². The van der Waals surface area contributed by atoms with E-state index in [0.717, 1.165) is 85.0 Å². The Bertz CT molecular complexity index is 3290. The predicted octanol–water partition coefficient (Wildman–Crippen LogP) is 9.92. The molecule has 21 heteroatoms. The van der Waals surface area contributed by atoms with Gasteiger partial charge in [0.1, 0.15) is 34.9 Å². The van der Waals surface area contributed by atoms with E-state index in [1.807, 2.05) is 63.5 Å². The molecular weight excluding hydrogens is 1080 g/mol. The number of β-amino-alcohol motifs (C(OH)–C–C–N with tert-alkyl or cyclic N) is 1. The molecule has 3 aromatic carbocycles. The molecule has 83 heavy (non-hydrogen) atoms. The predicted molar refractivity (Wildman–Crippen MR) is 321 cm³/mol. The summed E-state index contributed by atoms with van der Waals surface area (Å²) in [4.78, 5) is 103. The quantitative estimate of drug-likeness (QED) is 0.0263. The Balaban J connectivity index is 0.720. The van der Waals surface area contributed by atoms with Crippen LogP contribution in [0.15, 0.2) is 72.4 Å². The Morgan fingerprint density at radius 2 is 1.63 bits per heavy atom. The van der Waals surface area contributed by atoms with Crippen molar-refractivity contribution in [2.45, 2.75) is 136 Å². The number of aromatic nitrogens is 4. The number of thiazole rings is 1. The summed E-state index contributed by atoms with van der Waals surface area (Å²) in [7, 11) is 4.62. The summed E-state index contributed by atoms with van der Waals surface area (Å²) in [5, 5.41) is 23.0. The monoisotopic (exact) mass is 1160 g/mol. The maximum Gasteiger partial charge on any atom is 0.256 e. The summed E-state index contributed by atoms with van der Waals surface area (Å²) in [6, 6.07) is 16.8. The van der Waals surface area contributed by atoms with E-state index >= 15 is 0 Å². The highest BCUT2D eigenvalue weighted by molar-refractivity contribution is 7.13. The summed E-state index contributed by atoms with van der Waals surface area (Å²) in [6.45, 7) is 8.49. The molecule has 3 atom stereocenters. The maximum atomic E-state index is 14.9. The number of hydrogen-bond donors (Lipinski definition) is 6. The number of aliphatic hydroxyl groups is 1. The van der Waals surface area contributed by atoms with Crippen LogP contribution in [0.1, 0.15) is 131 Å². The number of unbranched alkanes of at least 4 members (excludes halogenated alkanes) is 8. The van der Waals surface area contributed by atoms with E-state index in [0.29, 0.717) is 59.8 Å². The molecule has 0 aliphatic carbocycles. The Morgan fingerprint density at radius 3 is 2.30 bits per heavy atom. The first-order valence-corrected chi connectivity index (χ1v) is 29.6. The molecule has 0 radical (unpaired) electrons. The number of likely N-dealkylation sites (tertiary alicyclic amines) is 1. The third-order valence-corrected chi connectivity index (χ3v) is 16.7. The van der Waals surface area contributed by atoms with Crippen LogP contribution in [0, 0.1) is 24.1 Å². The average molecular weight is 1160 g/mol. The number of hydrogen-bond acceptors (Lipinski definition) is 14. The van der Waals surface area contributed by atoms with Crippen LogP contribution in [-0.2, 0) is 36.9 Å². The Labute approximate surface area is 488 Å². The Hall–Kier alpha value is -7.78. The summed E-state index contributed by atoms with van der Waals surface area (Å²) >= 11 is 1.58. The van der Waals surface area contributed by atoms with Gasteiger partial charge < -0.3 is 50.8 Å². The van der Waals surface area contributed by atoms with Crippen molar-refractivity contribution in [2.24, 2.45) is 11.3 Å². The normalized spacial score (nSPS) is 15.2. The fraction of sp³-hybridized carbons (Fsp3) is 0.468. The van der Waals surface area contributed by atoms with Gasteiger partial charge in [-0.3, -0.25) is 28.8 Å². The van der Waals surface area contributed by atoms with Crippen LogP contribution < -0.4 is 30.9 Å². The molecule has 1 saturated heterocycles. The molecule has 0 spiro atoms. The zero-order valence-corrected chi connectivity index (χ0v) is 49.5. The van der Waals surface area contributed by atoms with Crippen LogP contribution in [0.4, 0.5) is 33.2 Å². The summed E-state index contributed by atoms with van der Waals surface area (Å²) < 4.78 is 20.6. The maximum absolute atomic E-state index is 14.9. The van der Waals surface area contributed by atoms with Gasteiger partial charge in [0, 0.05) is 77.2 Å². The number of amides is 5. The van der Waals surface area contributed by atoms with E-state index in [-0.39, 0.29) is 79.1 Å². The molecule has 2 aliphatic rings.